The number of ether oxygens (including phenoxy) is 2. The summed E-state index contributed by atoms with van der Waals surface area (Å²) in [5, 5.41) is 0. The minimum atomic E-state index is -0.425. The van der Waals surface area contributed by atoms with Crippen molar-refractivity contribution < 1.29 is 14.3 Å². The highest BCUT2D eigenvalue weighted by molar-refractivity contribution is 5.82. The zero-order valence-corrected chi connectivity index (χ0v) is 17.4. The van der Waals surface area contributed by atoms with Crippen LogP contribution in [0.5, 0.6) is 0 Å². The van der Waals surface area contributed by atoms with Gasteiger partial charge >= 0.3 is 0 Å². The van der Waals surface area contributed by atoms with Crippen molar-refractivity contribution >= 4 is 5.91 Å². The summed E-state index contributed by atoms with van der Waals surface area (Å²) in [6.45, 7) is 3.99. The van der Waals surface area contributed by atoms with Crippen molar-refractivity contribution in [2.24, 2.45) is 0 Å². The van der Waals surface area contributed by atoms with Gasteiger partial charge in [-0.05, 0) is 31.9 Å². The molecule has 0 saturated carbocycles. The van der Waals surface area contributed by atoms with Gasteiger partial charge in [0.05, 0.1) is 25.5 Å². The molecule has 7 nitrogen and oxygen atoms in total. The maximum atomic E-state index is 13.1. The van der Waals surface area contributed by atoms with Crippen LogP contribution in [0.2, 0.25) is 0 Å². The van der Waals surface area contributed by atoms with E-state index in [2.05, 4.69) is 9.88 Å². The molecule has 1 amide bonds. The van der Waals surface area contributed by atoms with Crippen LogP contribution >= 0.6 is 0 Å². The molecule has 1 spiro atoms. The quantitative estimate of drug-likeness (QED) is 0.756. The third-order valence-electron chi connectivity index (χ3n) is 6.64. The Bertz CT molecular complexity index is 912. The SMILES string of the molecule is CN1CCOC[C@H]1C(=O)N1CCC2(CC1)OCCc1cnc(-c3ccccc3)nc12. The second-order valence-electron chi connectivity index (χ2n) is 8.42. The molecule has 0 aliphatic carbocycles. The number of carbonyl (C=O) groups excluding carboxylic acids is 1. The molecule has 0 radical (unpaired) electrons. The summed E-state index contributed by atoms with van der Waals surface area (Å²) >= 11 is 0. The van der Waals surface area contributed by atoms with Gasteiger partial charge in [-0.2, -0.15) is 0 Å². The molecular formula is C23H28N4O3. The van der Waals surface area contributed by atoms with E-state index < -0.39 is 5.60 Å². The minimum absolute atomic E-state index is 0.163. The predicted octanol–water partition coefficient (Wildman–Crippen LogP) is 1.86. The van der Waals surface area contributed by atoms with Crippen molar-refractivity contribution in [3.8, 4) is 11.4 Å². The Morgan fingerprint density at radius 2 is 1.93 bits per heavy atom. The van der Waals surface area contributed by atoms with Gasteiger partial charge in [-0.25, -0.2) is 9.97 Å². The third kappa shape index (κ3) is 3.51. The van der Waals surface area contributed by atoms with E-state index in [1.54, 1.807) is 0 Å². The van der Waals surface area contributed by atoms with Crippen LogP contribution in [-0.4, -0.2) is 78.2 Å². The Labute approximate surface area is 177 Å². The number of benzene rings is 1. The van der Waals surface area contributed by atoms with Crippen LogP contribution in [0.15, 0.2) is 36.5 Å². The fraction of sp³-hybridized carbons (Fsp3) is 0.522. The molecule has 30 heavy (non-hydrogen) atoms. The average molecular weight is 409 g/mol. The lowest BCUT2D eigenvalue weighted by atomic mass is 9.83. The maximum absolute atomic E-state index is 13.1. The molecule has 3 aliphatic heterocycles. The third-order valence-corrected chi connectivity index (χ3v) is 6.64. The summed E-state index contributed by atoms with van der Waals surface area (Å²) in [6, 6.07) is 9.87. The first kappa shape index (κ1) is 19.6. The van der Waals surface area contributed by atoms with Gasteiger partial charge in [-0.15, -0.1) is 0 Å². The van der Waals surface area contributed by atoms with Gasteiger partial charge in [-0.1, -0.05) is 30.3 Å². The average Bonchev–Trinajstić information content (AvgIpc) is 2.80. The molecule has 0 bridgehead atoms. The Morgan fingerprint density at radius 3 is 2.70 bits per heavy atom. The lowest BCUT2D eigenvalue weighted by Gasteiger charge is -2.45. The van der Waals surface area contributed by atoms with E-state index in [1.807, 2.05) is 48.5 Å². The van der Waals surface area contributed by atoms with Crippen LogP contribution in [0.3, 0.4) is 0 Å². The summed E-state index contributed by atoms with van der Waals surface area (Å²) < 4.78 is 11.9. The van der Waals surface area contributed by atoms with Gasteiger partial charge in [0.1, 0.15) is 11.6 Å². The number of carbonyl (C=O) groups is 1. The number of fused-ring (bicyclic) bond motifs is 2. The Morgan fingerprint density at radius 1 is 1.13 bits per heavy atom. The molecule has 158 valence electrons. The number of likely N-dealkylation sites (tertiary alicyclic amines) is 1. The standard InChI is InChI=1S/C23H28N4O3/c1-26-12-14-29-16-19(26)22(28)27-10-8-23(9-11-27)20-18(7-13-30-23)15-24-21(25-20)17-5-3-2-4-6-17/h2-6,15,19H,7-14,16H2,1H3/t19-/m0/s1. The predicted molar refractivity (Wildman–Crippen MR) is 112 cm³/mol. The van der Waals surface area contributed by atoms with Crippen molar-refractivity contribution in [1.29, 1.82) is 0 Å². The monoisotopic (exact) mass is 408 g/mol. The van der Waals surface area contributed by atoms with Gasteiger partial charge in [0.15, 0.2) is 5.82 Å². The molecule has 1 aromatic heterocycles. The molecule has 2 saturated heterocycles. The number of aromatic nitrogens is 2. The fourth-order valence-corrected chi connectivity index (χ4v) is 4.76. The number of nitrogens with zero attached hydrogens (tertiary/aromatic N) is 4. The first-order chi connectivity index (χ1) is 14.7. The normalized spacial score (nSPS) is 23.9. The van der Waals surface area contributed by atoms with Crippen molar-refractivity contribution in [3.05, 3.63) is 47.8 Å². The number of hydrogen-bond acceptors (Lipinski definition) is 6. The van der Waals surface area contributed by atoms with Crippen molar-refractivity contribution in [3.63, 3.8) is 0 Å². The molecular weight excluding hydrogens is 380 g/mol. The molecule has 2 fully saturated rings. The Kier molecular flexibility index (Phi) is 5.26. The van der Waals surface area contributed by atoms with Crippen molar-refractivity contribution in [2.45, 2.75) is 30.9 Å². The minimum Gasteiger partial charge on any atom is -0.378 e. The molecule has 1 aromatic carbocycles. The maximum Gasteiger partial charge on any atom is 0.242 e. The van der Waals surface area contributed by atoms with Crippen molar-refractivity contribution in [1.82, 2.24) is 19.8 Å². The van der Waals surface area contributed by atoms with Crippen LogP contribution in [0.1, 0.15) is 24.1 Å². The van der Waals surface area contributed by atoms with Crippen LogP contribution in [0.25, 0.3) is 11.4 Å². The smallest absolute Gasteiger partial charge is 0.242 e. The number of amides is 1. The molecule has 3 aliphatic rings. The zero-order valence-electron chi connectivity index (χ0n) is 17.4. The second-order valence-corrected chi connectivity index (χ2v) is 8.42. The fourth-order valence-electron chi connectivity index (χ4n) is 4.76. The Hall–Kier alpha value is -2.35. The highest BCUT2D eigenvalue weighted by Gasteiger charge is 2.44. The second kappa shape index (κ2) is 8.06. The highest BCUT2D eigenvalue weighted by atomic mass is 16.5. The largest absolute Gasteiger partial charge is 0.378 e. The molecule has 0 unspecified atom stereocenters. The van der Waals surface area contributed by atoms with Gasteiger partial charge < -0.3 is 14.4 Å². The van der Waals surface area contributed by atoms with E-state index in [1.165, 1.54) is 5.56 Å². The molecule has 0 N–H and O–H groups in total. The zero-order chi connectivity index (χ0) is 20.6. The number of hydrogen-bond donors (Lipinski definition) is 0. The van der Waals surface area contributed by atoms with Crippen LogP contribution in [0, 0.1) is 0 Å². The van der Waals surface area contributed by atoms with Gasteiger partial charge in [-0.3, -0.25) is 9.69 Å². The van der Waals surface area contributed by atoms with E-state index in [4.69, 9.17) is 14.5 Å². The molecule has 7 heteroatoms. The topological polar surface area (TPSA) is 67.8 Å². The van der Waals surface area contributed by atoms with E-state index in [0.717, 1.165) is 42.9 Å². The van der Waals surface area contributed by atoms with Gasteiger partial charge in [0.2, 0.25) is 5.91 Å². The van der Waals surface area contributed by atoms with E-state index in [-0.39, 0.29) is 11.9 Å². The number of rotatable bonds is 2. The van der Waals surface area contributed by atoms with Gasteiger partial charge in [0, 0.05) is 31.4 Å². The summed E-state index contributed by atoms with van der Waals surface area (Å²) in [5.41, 5.74) is 2.76. The highest BCUT2D eigenvalue weighted by Crippen LogP contribution is 2.41. The molecule has 2 aromatic rings. The van der Waals surface area contributed by atoms with Crippen LogP contribution in [0.4, 0.5) is 0 Å². The first-order valence-electron chi connectivity index (χ1n) is 10.8. The van der Waals surface area contributed by atoms with E-state index in [0.29, 0.717) is 32.9 Å². The summed E-state index contributed by atoms with van der Waals surface area (Å²) in [5.74, 6) is 0.898. The van der Waals surface area contributed by atoms with E-state index in [9.17, 15) is 4.79 Å². The number of piperidine rings is 1. The molecule has 1 atom stereocenters. The number of morpholine rings is 1. The molecule has 5 rings (SSSR count). The first-order valence-corrected chi connectivity index (χ1v) is 10.8. The Balaban J connectivity index is 1.36. The summed E-state index contributed by atoms with van der Waals surface area (Å²) in [6.07, 6.45) is 4.31. The molecule has 4 heterocycles. The van der Waals surface area contributed by atoms with Crippen LogP contribution < -0.4 is 0 Å². The number of likely N-dealkylation sites (N-methyl/N-ethyl adjacent to an activating group) is 1. The lowest BCUT2D eigenvalue weighted by molar-refractivity contribution is -0.150. The van der Waals surface area contributed by atoms with Crippen molar-refractivity contribution in [2.75, 3.05) is 46.5 Å². The lowest BCUT2D eigenvalue weighted by Crippen LogP contribution is -2.56. The summed E-state index contributed by atoms with van der Waals surface area (Å²) in [7, 11) is 2.00. The summed E-state index contributed by atoms with van der Waals surface area (Å²) in [4.78, 5) is 26.7. The van der Waals surface area contributed by atoms with Crippen LogP contribution in [-0.2, 0) is 26.3 Å². The van der Waals surface area contributed by atoms with Gasteiger partial charge in [0.25, 0.3) is 0 Å². The van der Waals surface area contributed by atoms with E-state index >= 15 is 0 Å².